The monoisotopic (exact) mass is 219 g/mol. The Kier molecular flexibility index (Phi) is 2.87. The fourth-order valence-corrected chi connectivity index (χ4v) is 1.66. The first-order valence-electron chi connectivity index (χ1n) is 5.11. The van der Waals surface area contributed by atoms with Gasteiger partial charge in [0, 0.05) is 18.1 Å². The third-order valence-electron chi connectivity index (χ3n) is 2.49. The van der Waals surface area contributed by atoms with Crippen molar-refractivity contribution in [2.75, 3.05) is 0 Å². The lowest BCUT2D eigenvalue weighted by Gasteiger charge is -2.10. The molecule has 2 rings (SSSR count). The predicted octanol–water partition coefficient (Wildman–Crippen LogP) is 0.742. The van der Waals surface area contributed by atoms with E-state index in [-0.39, 0.29) is 5.69 Å². The first-order valence-corrected chi connectivity index (χ1v) is 5.11. The molecule has 84 valence electrons. The zero-order valence-electron chi connectivity index (χ0n) is 8.90. The number of nitrogens with one attached hydrogen (secondary N) is 2. The standard InChI is InChI=1S/C11H13N3O2/c1-2-8-9(14-11(16)13-8)10(15)7-3-5-12-6-4-7/h3-6,10,15H,2H2,1H3,(H2,13,14,16). The lowest BCUT2D eigenvalue weighted by molar-refractivity contribution is 0.214. The molecule has 0 aliphatic carbocycles. The van der Waals surface area contributed by atoms with Crippen LogP contribution in [-0.4, -0.2) is 20.1 Å². The second-order valence-corrected chi connectivity index (χ2v) is 3.51. The van der Waals surface area contributed by atoms with Crippen molar-refractivity contribution < 1.29 is 5.11 Å². The van der Waals surface area contributed by atoms with Gasteiger partial charge in [0.05, 0.1) is 5.69 Å². The van der Waals surface area contributed by atoms with Crippen LogP contribution < -0.4 is 5.69 Å². The van der Waals surface area contributed by atoms with Crippen LogP contribution in [-0.2, 0) is 6.42 Å². The van der Waals surface area contributed by atoms with Crippen molar-refractivity contribution in [1.82, 2.24) is 15.0 Å². The Morgan fingerprint density at radius 2 is 2.06 bits per heavy atom. The van der Waals surface area contributed by atoms with Crippen molar-refractivity contribution in [3.63, 3.8) is 0 Å². The van der Waals surface area contributed by atoms with Crippen LogP contribution in [0.3, 0.4) is 0 Å². The van der Waals surface area contributed by atoms with Gasteiger partial charge in [0.1, 0.15) is 6.10 Å². The fourth-order valence-electron chi connectivity index (χ4n) is 1.66. The highest BCUT2D eigenvalue weighted by Crippen LogP contribution is 2.20. The molecule has 0 fully saturated rings. The maximum absolute atomic E-state index is 11.2. The number of H-pyrrole nitrogens is 2. The molecule has 0 radical (unpaired) electrons. The predicted molar refractivity (Wildman–Crippen MR) is 59.1 cm³/mol. The SMILES string of the molecule is CCc1[nH]c(=O)[nH]c1C(O)c1ccncc1. The van der Waals surface area contributed by atoms with E-state index in [0.29, 0.717) is 17.7 Å². The highest BCUT2D eigenvalue weighted by molar-refractivity contribution is 5.26. The van der Waals surface area contributed by atoms with E-state index in [4.69, 9.17) is 0 Å². The van der Waals surface area contributed by atoms with Crippen LogP contribution in [0.15, 0.2) is 29.3 Å². The number of nitrogens with zero attached hydrogens (tertiary/aromatic N) is 1. The quantitative estimate of drug-likeness (QED) is 0.712. The average molecular weight is 219 g/mol. The first kappa shape index (κ1) is 10.6. The Morgan fingerprint density at radius 1 is 1.38 bits per heavy atom. The number of hydrogen-bond donors (Lipinski definition) is 3. The molecule has 16 heavy (non-hydrogen) atoms. The third kappa shape index (κ3) is 1.90. The van der Waals surface area contributed by atoms with Crippen LogP contribution in [0.2, 0.25) is 0 Å². The van der Waals surface area contributed by atoms with Crippen molar-refractivity contribution >= 4 is 0 Å². The lowest BCUT2D eigenvalue weighted by Crippen LogP contribution is -2.05. The number of hydrogen-bond acceptors (Lipinski definition) is 3. The van der Waals surface area contributed by atoms with Gasteiger partial charge in [-0.15, -0.1) is 0 Å². The normalized spacial score (nSPS) is 12.6. The van der Waals surface area contributed by atoms with E-state index in [1.807, 2.05) is 6.92 Å². The molecule has 2 aromatic rings. The Morgan fingerprint density at radius 3 is 2.69 bits per heavy atom. The summed E-state index contributed by atoms with van der Waals surface area (Å²) in [5, 5.41) is 10.1. The zero-order chi connectivity index (χ0) is 11.5. The molecule has 0 spiro atoms. The van der Waals surface area contributed by atoms with Gasteiger partial charge in [0.2, 0.25) is 0 Å². The maximum Gasteiger partial charge on any atom is 0.323 e. The van der Waals surface area contributed by atoms with Crippen LogP contribution in [0.1, 0.15) is 30.0 Å². The van der Waals surface area contributed by atoms with E-state index in [1.165, 1.54) is 0 Å². The second-order valence-electron chi connectivity index (χ2n) is 3.51. The summed E-state index contributed by atoms with van der Waals surface area (Å²) in [4.78, 5) is 20.3. The minimum atomic E-state index is -0.822. The molecule has 1 atom stereocenters. The minimum Gasteiger partial charge on any atom is -0.382 e. The van der Waals surface area contributed by atoms with E-state index >= 15 is 0 Å². The summed E-state index contributed by atoms with van der Waals surface area (Å²) >= 11 is 0. The molecule has 5 nitrogen and oxygen atoms in total. The first-order chi connectivity index (χ1) is 7.72. The number of imidazole rings is 1. The smallest absolute Gasteiger partial charge is 0.323 e. The molecule has 2 heterocycles. The van der Waals surface area contributed by atoms with Crippen LogP contribution in [0.25, 0.3) is 0 Å². The molecule has 5 heteroatoms. The summed E-state index contributed by atoms with van der Waals surface area (Å²) in [5.74, 6) is 0. The Labute approximate surface area is 92.2 Å². The van der Waals surface area contributed by atoms with Gasteiger partial charge < -0.3 is 15.1 Å². The molecular formula is C11H13N3O2. The van der Waals surface area contributed by atoms with E-state index < -0.39 is 6.10 Å². The molecule has 0 aliphatic heterocycles. The molecule has 3 N–H and O–H groups in total. The van der Waals surface area contributed by atoms with Crippen LogP contribution in [0.4, 0.5) is 0 Å². The molecule has 0 amide bonds. The fraction of sp³-hybridized carbons (Fsp3) is 0.273. The van der Waals surface area contributed by atoms with Gasteiger partial charge in [0.15, 0.2) is 0 Å². The molecule has 2 aromatic heterocycles. The lowest BCUT2D eigenvalue weighted by atomic mass is 10.1. The van der Waals surface area contributed by atoms with Crippen LogP contribution >= 0.6 is 0 Å². The number of aromatic nitrogens is 3. The molecule has 0 aromatic carbocycles. The van der Waals surface area contributed by atoms with Crippen molar-refractivity contribution in [3.05, 3.63) is 52.0 Å². The molecule has 0 saturated heterocycles. The second kappa shape index (κ2) is 4.32. The molecular weight excluding hydrogens is 206 g/mol. The number of aliphatic hydroxyl groups excluding tert-OH is 1. The number of aromatic amines is 2. The van der Waals surface area contributed by atoms with Gasteiger partial charge in [-0.2, -0.15) is 0 Å². The van der Waals surface area contributed by atoms with Gasteiger partial charge >= 0.3 is 5.69 Å². The van der Waals surface area contributed by atoms with Gasteiger partial charge in [-0.3, -0.25) is 4.98 Å². The summed E-state index contributed by atoms with van der Waals surface area (Å²) in [6, 6.07) is 3.44. The number of pyridine rings is 1. The van der Waals surface area contributed by atoms with E-state index in [9.17, 15) is 9.90 Å². The third-order valence-corrected chi connectivity index (χ3v) is 2.49. The van der Waals surface area contributed by atoms with Crippen molar-refractivity contribution in [2.45, 2.75) is 19.4 Å². The molecule has 1 unspecified atom stereocenters. The van der Waals surface area contributed by atoms with E-state index in [1.54, 1.807) is 24.5 Å². The van der Waals surface area contributed by atoms with Gasteiger partial charge in [-0.1, -0.05) is 6.92 Å². The highest BCUT2D eigenvalue weighted by Gasteiger charge is 2.16. The maximum atomic E-state index is 11.2. The molecule has 0 aliphatic rings. The van der Waals surface area contributed by atoms with Gasteiger partial charge in [-0.05, 0) is 24.1 Å². The summed E-state index contributed by atoms with van der Waals surface area (Å²) in [7, 11) is 0. The Bertz CT molecular complexity index is 516. The van der Waals surface area contributed by atoms with Crippen LogP contribution in [0, 0.1) is 0 Å². The van der Waals surface area contributed by atoms with Gasteiger partial charge in [0.25, 0.3) is 0 Å². The van der Waals surface area contributed by atoms with Crippen LogP contribution in [0.5, 0.6) is 0 Å². The zero-order valence-corrected chi connectivity index (χ0v) is 8.90. The number of aliphatic hydroxyl groups is 1. The molecule has 0 bridgehead atoms. The van der Waals surface area contributed by atoms with E-state index in [0.717, 1.165) is 5.69 Å². The summed E-state index contributed by atoms with van der Waals surface area (Å²) in [6.07, 6.45) is 3.05. The van der Waals surface area contributed by atoms with E-state index in [2.05, 4.69) is 15.0 Å². The van der Waals surface area contributed by atoms with Crippen molar-refractivity contribution in [3.8, 4) is 0 Å². The summed E-state index contributed by atoms with van der Waals surface area (Å²) in [5.41, 5.74) is 1.67. The highest BCUT2D eigenvalue weighted by atomic mass is 16.3. The number of rotatable bonds is 3. The Balaban J connectivity index is 2.41. The average Bonchev–Trinajstić information content (AvgIpc) is 2.70. The summed E-state index contributed by atoms with van der Waals surface area (Å²) < 4.78 is 0. The molecule has 0 saturated carbocycles. The van der Waals surface area contributed by atoms with Crippen molar-refractivity contribution in [2.24, 2.45) is 0 Å². The Hall–Kier alpha value is -1.88. The van der Waals surface area contributed by atoms with Crippen molar-refractivity contribution in [1.29, 1.82) is 0 Å². The topological polar surface area (TPSA) is 81.8 Å². The largest absolute Gasteiger partial charge is 0.382 e. The summed E-state index contributed by atoms with van der Waals surface area (Å²) in [6.45, 7) is 1.92. The number of aryl methyl sites for hydroxylation is 1. The minimum absolute atomic E-state index is 0.292. The van der Waals surface area contributed by atoms with Gasteiger partial charge in [-0.25, -0.2) is 4.79 Å².